The Hall–Kier alpha value is -3.00. The average Bonchev–Trinajstić information content (AvgIpc) is 3.35. The fourth-order valence-corrected chi connectivity index (χ4v) is 3.79. The highest BCUT2D eigenvalue weighted by atomic mass is 19.1. The normalized spacial score (nSPS) is 16.1. The number of hydrogen-bond acceptors (Lipinski definition) is 6. The van der Waals surface area contributed by atoms with Gasteiger partial charge in [-0.1, -0.05) is 5.16 Å². The second-order valence-corrected chi connectivity index (χ2v) is 7.75. The van der Waals surface area contributed by atoms with Crippen molar-refractivity contribution in [2.45, 2.75) is 33.7 Å². The summed E-state index contributed by atoms with van der Waals surface area (Å²) in [5.74, 6) is 2.09. The Morgan fingerprint density at radius 1 is 1.13 bits per heavy atom. The SMILES string of the molecule is Cc1cc(C(=O)N2CCN(C(C)c3nc(-c4ccc(F)c(C)c4)no3)CC2)c(C)o1. The molecule has 1 saturated heterocycles. The smallest absolute Gasteiger partial charge is 0.257 e. The molecule has 4 rings (SSSR count). The molecule has 1 aliphatic heterocycles. The fraction of sp³-hybridized carbons (Fsp3) is 0.409. The first-order valence-electron chi connectivity index (χ1n) is 10.0. The van der Waals surface area contributed by atoms with Gasteiger partial charge in [0.2, 0.25) is 11.7 Å². The number of carbonyl (C=O) groups is 1. The van der Waals surface area contributed by atoms with Crippen LogP contribution in [-0.2, 0) is 0 Å². The van der Waals surface area contributed by atoms with Gasteiger partial charge in [-0.2, -0.15) is 4.98 Å². The van der Waals surface area contributed by atoms with Gasteiger partial charge in [0.1, 0.15) is 17.3 Å². The molecule has 0 saturated carbocycles. The van der Waals surface area contributed by atoms with Gasteiger partial charge >= 0.3 is 0 Å². The number of nitrogens with zero attached hydrogens (tertiary/aromatic N) is 4. The summed E-state index contributed by atoms with van der Waals surface area (Å²) in [6, 6.07) is 6.47. The zero-order chi connectivity index (χ0) is 21.4. The van der Waals surface area contributed by atoms with Crippen LogP contribution in [0.3, 0.4) is 0 Å². The molecule has 1 atom stereocenters. The maximum atomic E-state index is 13.5. The van der Waals surface area contributed by atoms with Crippen LogP contribution >= 0.6 is 0 Å². The molecule has 1 fully saturated rings. The summed E-state index contributed by atoms with van der Waals surface area (Å²) in [4.78, 5) is 21.3. The number of piperazine rings is 1. The molecule has 2 aromatic heterocycles. The van der Waals surface area contributed by atoms with E-state index in [1.54, 1.807) is 25.1 Å². The number of amides is 1. The minimum atomic E-state index is -0.260. The molecular weight excluding hydrogens is 387 g/mol. The van der Waals surface area contributed by atoms with E-state index in [0.717, 1.165) is 11.3 Å². The Morgan fingerprint density at radius 3 is 2.50 bits per heavy atom. The summed E-state index contributed by atoms with van der Waals surface area (Å²) in [6.45, 7) is 10.0. The Morgan fingerprint density at radius 2 is 1.87 bits per heavy atom. The third-order valence-corrected chi connectivity index (χ3v) is 5.64. The zero-order valence-electron chi connectivity index (χ0n) is 17.6. The first-order valence-corrected chi connectivity index (χ1v) is 10.0. The lowest BCUT2D eigenvalue weighted by Gasteiger charge is -2.36. The molecule has 3 aromatic rings. The van der Waals surface area contributed by atoms with E-state index in [0.29, 0.717) is 54.8 Å². The molecule has 0 spiro atoms. The van der Waals surface area contributed by atoms with E-state index in [9.17, 15) is 9.18 Å². The molecule has 3 heterocycles. The molecule has 0 bridgehead atoms. The Bertz CT molecular complexity index is 1070. The lowest BCUT2D eigenvalue weighted by Crippen LogP contribution is -2.49. The van der Waals surface area contributed by atoms with Gasteiger partial charge in [-0.25, -0.2) is 4.39 Å². The highest BCUT2D eigenvalue weighted by Gasteiger charge is 2.29. The van der Waals surface area contributed by atoms with Crippen molar-refractivity contribution >= 4 is 5.91 Å². The topological polar surface area (TPSA) is 75.6 Å². The Kier molecular flexibility index (Phi) is 5.42. The molecule has 1 amide bonds. The van der Waals surface area contributed by atoms with Crippen LogP contribution in [0.25, 0.3) is 11.4 Å². The monoisotopic (exact) mass is 412 g/mol. The second kappa shape index (κ2) is 8.02. The van der Waals surface area contributed by atoms with Gasteiger partial charge in [-0.15, -0.1) is 0 Å². The van der Waals surface area contributed by atoms with Crippen LogP contribution in [0.1, 0.15) is 46.3 Å². The highest BCUT2D eigenvalue weighted by molar-refractivity contribution is 5.95. The summed E-state index contributed by atoms with van der Waals surface area (Å²) >= 11 is 0. The molecule has 7 nitrogen and oxygen atoms in total. The first kappa shape index (κ1) is 20.3. The van der Waals surface area contributed by atoms with E-state index in [1.807, 2.05) is 25.7 Å². The van der Waals surface area contributed by atoms with Crippen molar-refractivity contribution in [3.8, 4) is 11.4 Å². The van der Waals surface area contributed by atoms with E-state index in [4.69, 9.17) is 8.94 Å². The minimum Gasteiger partial charge on any atom is -0.466 e. The van der Waals surface area contributed by atoms with Crippen LogP contribution in [-0.4, -0.2) is 52.0 Å². The molecule has 8 heteroatoms. The van der Waals surface area contributed by atoms with Crippen LogP contribution < -0.4 is 0 Å². The standard InChI is InChI=1S/C22H25FN4O3/c1-13-11-17(5-6-19(13)23)20-24-21(30-25-20)15(3)26-7-9-27(10-8-26)22(28)18-12-14(2)29-16(18)4/h5-6,11-12,15H,7-10H2,1-4H3. The van der Waals surface area contributed by atoms with Crippen LogP contribution in [0.4, 0.5) is 4.39 Å². The number of hydrogen-bond donors (Lipinski definition) is 0. The van der Waals surface area contributed by atoms with Crippen LogP contribution in [0.5, 0.6) is 0 Å². The number of rotatable bonds is 4. The predicted octanol–water partition coefficient (Wildman–Crippen LogP) is 3.91. The lowest BCUT2D eigenvalue weighted by molar-refractivity contribution is 0.0550. The van der Waals surface area contributed by atoms with Gasteiger partial charge in [-0.3, -0.25) is 9.69 Å². The predicted molar refractivity (Wildman–Crippen MR) is 109 cm³/mol. The van der Waals surface area contributed by atoms with E-state index >= 15 is 0 Å². The minimum absolute atomic E-state index is 0.00316. The quantitative estimate of drug-likeness (QED) is 0.647. The first-order chi connectivity index (χ1) is 14.3. The van der Waals surface area contributed by atoms with Crippen molar-refractivity contribution in [1.82, 2.24) is 19.9 Å². The lowest BCUT2D eigenvalue weighted by atomic mass is 10.1. The molecule has 0 N–H and O–H groups in total. The van der Waals surface area contributed by atoms with Crippen molar-refractivity contribution in [2.24, 2.45) is 0 Å². The Balaban J connectivity index is 1.40. The van der Waals surface area contributed by atoms with Gasteiger partial charge in [0.15, 0.2) is 0 Å². The number of carbonyl (C=O) groups excluding carboxylic acids is 1. The summed E-state index contributed by atoms with van der Waals surface area (Å²) in [5, 5.41) is 4.06. The van der Waals surface area contributed by atoms with Crippen molar-refractivity contribution in [2.75, 3.05) is 26.2 Å². The average molecular weight is 412 g/mol. The van der Waals surface area contributed by atoms with Crippen molar-refractivity contribution in [3.05, 3.63) is 58.6 Å². The maximum Gasteiger partial charge on any atom is 0.257 e. The summed E-state index contributed by atoms with van der Waals surface area (Å²) in [7, 11) is 0. The largest absolute Gasteiger partial charge is 0.466 e. The number of benzene rings is 1. The van der Waals surface area contributed by atoms with Crippen LogP contribution in [0.15, 0.2) is 33.2 Å². The number of aryl methyl sites for hydroxylation is 3. The second-order valence-electron chi connectivity index (χ2n) is 7.75. The van der Waals surface area contributed by atoms with Gasteiger partial charge in [0.05, 0.1) is 11.6 Å². The molecule has 0 aliphatic carbocycles. The zero-order valence-corrected chi connectivity index (χ0v) is 17.6. The van der Waals surface area contributed by atoms with Crippen molar-refractivity contribution in [1.29, 1.82) is 0 Å². The number of halogens is 1. The van der Waals surface area contributed by atoms with E-state index in [2.05, 4.69) is 15.0 Å². The molecule has 1 aromatic carbocycles. The maximum absolute atomic E-state index is 13.5. The van der Waals surface area contributed by atoms with E-state index in [-0.39, 0.29) is 17.8 Å². The molecule has 0 radical (unpaired) electrons. The number of aromatic nitrogens is 2. The van der Waals surface area contributed by atoms with E-state index in [1.165, 1.54) is 6.07 Å². The van der Waals surface area contributed by atoms with Crippen LogP contribution in [0.2, 0.25) is 0 Å². The molecule has 158 valence electrons. The van der Waals surface area contributed by atoms with Gasteiger partial charge in [-0.05, 0) is 57.5 Å². The molecule has 30 heavy (non-hydrogen) atoms. The highest BCUT2D eigenvalue weighted by Crippen LogP contribution is 2.25. The summed E-state index contributed by atoms with van der Waals surface area (Å²) < 4.78 is 24.5. The van der Waals surface area contributed by atoms with Gasteiger partial charge < -0.3 is 13.8 Å². The van der Waals surface area contributed by atoms with Crippen molar-refractivity contribution in [3.63, 3.8) is 0 Å². The Labute approximate surface area is 174 Å². The van der Waals surface area contributed by atoms with Crippen LogP contribution in [0, 0.1) is 26.6 Å². The third kappa shape index (κ3) is 3.87. The fourth-order valence-electron chi connectivity index (χ4n) is 3.79. The molecule has 1 unspecified atom stereocenters. The van der Waals surface area contributed by atoms with Gasteiger partial charge in [0, 0.05) is 31.7 Å². The van der Waals surface area contributed by atoms with E-state index < -0.39 is 0 Å². The van der Waals surface area contributed by atoms with Crippen molar-refractivity contribution < 1.29 is 18.1 Å². The number of furan rings is 1. The third-order valence-electron chi connectivity index (χ3n) is 5.64. The summed E-state index contributed by atoms with van der Waals surface area (Å²) in [5.41, 5.74) is 1.89. The van der Waals surface area contributed by atoms with Gasteiger partial charge in [0.25, 0.3) is 5.91 Å². The molecule has 1 aliphatic rings. The molecular formula is C22H25FN4O3. The summed E-state index contributed by atoms with van der Waals surface area (Å²) in [6.07, 6.45) is 0.